The Hall–Kier alpha value is -1.71. The number of carbonyl (C=O) groups is 1. The van der Waals surface area contributed by atoms with Crippen LogP contribution in [0.2, 0.25) is 0 Å². The quantitative estimate of drug-likeness (QED) is 0.743. The number of hydrogen-bond acceptors (Lipinski definition) is 3. The third-order valence-electron chi connectivity index (χ3n) is 2.66. The second-order valence-electron chi connectivity index (χ2n) is 4.11. The first-order chi connectivity index (χ1) is 9.79. The lowest BCUT2D eigenvalue weighted by Gasteiger charge is -2.07. The van der Waals surface area contributed by atoms with Crippen molar-refractivity contribution in [3.8, 4) is 0 Å². The van der Waals surface area contributed by atoms with Crippen molar-refractivity contribution < 1.29 is 22.7 Å². The standard InChI is InChI=1S/C12H10BrFN2O4S/c13-10-2-1-8(14)3-7(10)5-16-21(19,20)9-4-11(12(17)18)15-6-9/h1-4,6,15-16H,5H2,(H,17,18). The fourth-order valence-electron chi connectivity index (χ4n) is 1.59. The van der Waals surface area contributed by atoms with Crippen LogP contribution in [0, 0.1) is 5.82 Å². The Balaban J connectivity index is 2.17. The molecule has 0 aliphatic carbocycles. The van der Waals surface area contributed by atoms with E-state index in [0.29, 0.717) is 10.0 Å². The molecule has 3 N–H and O–H groups in total. The zero-order chi connectivity index (χ0) is 15.6. The van der Waals surface area contributed by atoms with E-state index in [2.05, 4.69) is 25.6 Å². The lowest BCUT2D eigenvalue weighted by molar-refractivity contribution is 0.0691. The Bertz CT molecular complexity index is 788. The molecule has 2 rings (SSSR count). The average Bonchev–Trinajstić information content (AvgIpc) is 2.90. The molecule has 1 aromatic heterocycles. The smallest absolute Gasteiger partial charge is 0.352 e. The molecule has 0 radical (unpaired) electrons. The molecule has 0 bridgehead atoms. The number of aromatic amines is 1. The van der Waals surface area contributed by atoms with Crippen molar-refractivity contribution in [3.63, 3.8) is 0 Å². The molecule has 6 nitrogen and oxygen atoms in total. The lowest BCUT2D eigenvalue weighted by atomic mass is 10.2. The number of halogens is 2. The third kappa shape index (κ3) is 3.69. The van der Waals surface area contributed by atoms with E-state index in [0.717, 1.165) is 12.3 Å². The number of carboxylic acid groups (broad SMARTS) is 1. The van der Waals surface area contributed by atoms with Crippen LogP contribution in [0.5, 0.6) is 0 Å². The fourth-order valence-corrected chi connectivity index (χ4v) is 2.97. The van der Waals surface area contributed by atoms with Crippen LogP contribution >= 0.6 is 15.9 Å². The summed E-state index contributed by atoms with van der Waals surface area (Å²) in [5.41, 5.74) is 0.190. The van der Waals surface area contributed by atoms with Gasteiger partial charge in [0.25, 0.3) is 0 Å². The van der Waals surface area contributed by atoms with Crippen LogP contribution in [0.4, 0.5) is 4.39 Å². The van der Waals surface area contributed by atoms with Crippen LogP contribution in [0.25, 0.3) is 0 Å². The van der Waals surface area contributed by atoms with E-state index in [1.165, 1.54) is 18.2 Å². The Kier molecular flexibility index (Phi) is 4.45. The van der Waals surface area contributed by atoms with Crippen LogP contribution in [0.3, 0.4) is 0 Å². The van der Waals surface area contributed by atoms with Crippen LogP contribution in [0.15, 0.2) is 39.8 Å². The van der Waals surface area contributed by atoms with E-state index < -0.39 is 21.8 Å². The minimum atomic E-state index is -3.89. The summed E-state index contributed by atoms with van der Waals surface area (Å²) >= 11 is 3.19. The van der Waals surface area contributed by atoms with Gasteiger partial charge in [0.15, 0.2) is 0 Å². The summed E-state index contributed by atoms with van der Waals surface area (Å²) in [4.78, 5) is 12.8. The zero-order valence-electron chi connectivity index (χ0n) is 10.4. The van der Waals surface area contributed by atoms with Gasteiger partial charge in [0.05, 0.1) is 0 Å². The van der Waals surface area contributed by atoms with Crippen molar-refractivity contribution in [1.82, 2.24) is 9.71 Å². The first kappa shape index (κ1) is 15.7. The molecule has 21 heavy (non-hydrogen) atoms. The molecule has 0 aliphatic heterocycles. The Morgan fingerprint density at radius 1 is 1.38 bits per heavy atom. The van der Waals surface area contributed by atoms with Gasteiger partial charge in [-0.05, 0) is 29.8 Å². The maximum Gasteiger partial charge on any atom is 0.352 e. The Morgan fingerprint density at radius 3 is 2.71 bits per heavy atom. The minimum Gasteiger partial charge on any atom is -0.477 e. The summed E-state index contributed by atoms with van der Waals surface area (Å²) in [5.74, 6) is -1.74. The highest BCUT2D eigenvalue weighted by atomic mass is 79.9. The van der Waals surface area contributed by atoms with Crippen LogP contribution in [0.1, 0.15) is 16.1 Å². The average molecular weight is 377 g/mol. The van der Waals surface area contributed by atoms with Gasteiger partial charge in [-0.1, -0.05) is 15.9 Å². The first-order valence-corrected chi connectivity index (χ1v) is 7.92. The van der Waals surface area contributed by atoms with Gasteiger partial charge in [0.2, 0.25) is 10.0 Å². The van der Waals surface area contributed by atoms with Crippen LogP contribution < -0.4 is 4.72 Å². The summed E-state index contributed by atoms with van der Waals surface area (Å²) in [5, 5.41) is 8.74. The molecule has 0 saturated heterocycles. The summed E-state index contributed by atoms with van der Waals surface area (Å²) in [6, 6.07) is 4.92. The van der Waals surface area contributed by atoms with Crippen molar-refractivity contribution in [2.45, 2.75) is 11.4 Å². The van der Waals surface area contributed by atoms with E-state index >= 15 is 0 Å². The number of aromatic nitrogens is 1. The van der Waals surface area contributed by atoms with Crippen molar-refractivity contribution in [1.29, 1.82) is 0 Å². The molecule has 2 aromatic rings. The van der Waals surface area contributed by atoms with Gasteiger partial charge < -0.3 is 10.1 Å². The minimum absolute atomic E-state index is 0.131. The number of H-pyrrole nitrogens is 1. The van der Waals surface area contributed by atoms with E-state index in [9.17, 15) is 17.6 Å². The van der Waals surface area contributed by atoms with Gasteiger partial charge in [-0.25, -0.2) is 22.3 Å². The fraction of sp³-hybridized carbons (Fsp3) is 0.0833. The van der Waals surface area contributed by atoms with Gasteiger partial charge in [0.1, 0.15) is 16.4 Å². The molecule has 112 valence electrons. The summed E-state index contributed by atoms with van der Waals surface area (Å²) in [7, 11) is -3.89. The van der Waals surface area contributed by atoms with Gasteiger partial charge in [-0.15, -0.1) is 0 Å². The largest absolute Gasteiger partial charge is 0.477 e. The number of rotatable bonds is 5. The molecule has 0 fully saturated rings. The molecule has 1 aromatic carbocycles. The molecule has 0 aliphatic rings. The normalized spacial score (nSPS) is 11.5. The first-order valence-electron chi connectivity index (χ1n) is 5.65. The van der Waals surface area contributed by atoms with Crippen LogP contribution in [-0.2, 0) is 16.6 Å². The van der Waals surface area contributed by atoms with E-state index in [1.807, 2.05) is 0 Å². The molecule has 0 unspecified atom stereocenters. The molecule has 9 heteroatoms. The Labute approximate surface area is 128 Å². The van der Waals surface area contributed by atoms with Crippen molar-refractivity contribution >= 4 is 31.9 Å². The Morgan fingerprint density at radius 2 is 2.10 bits per heavy atom. The predicted octanol–water partition coefficient (Wildman–Crippen LogP) is 2.09. The van der Waals surface area contributed by atoms with E-state index in [1.54, 1.807) is 0 Å². The van der Waals surface area contributed by atoms with Gasteiger partial charge in [-0.2, -0.15) is 0 Å². The van der Waals surface area contributed by atoms with Gasteiger partial charge >= 0.3 is 5.97 Å². The predicted molar refractivity (Wildman–Crippen MR) is 75.9 cm³/mol. The number of aromatic carboxylic acids is 1. The van der Waals surface area contributed by atoms with Crippen molar-refractivity contribution in [2.24, 2.45) is 0 Å². The van der Waals surface area contributed by atoms with Gasteiger partial charge in [-0.3, -0.25) is 0 Å². The highest BCUT2D eigenvalue weighted by Gasteiger charge is 2.18. The molecule has 0 atom stereocenters. The highest BCUT2D eigenvalue weighted by molar-refractivity contribution is 9.10. The molecule has 0 amide bonds. The summed E-state index contributed by atoms with van der Waals surface area (Å²) in [6.07, 6.45) is 1.08. The topological polar surface area (TPSA) is 99.3 Å². The molecule has 0 spiro atoms. The molecule has 1 heterocycles. The maximum absolute atomic E-state index is 13.1. The SMILES string of the molecule is O=C(O)c1cc(S(=O)(=O)NCc2cc(F)ccc2Br)c[nH]1. The monoisotopic (exact) mass is 376 g/mol. The van der Waals surface area contributed by atoms with Crippen molar-refractivity contribution in [3.05, 3.63) is 52.0 Å². The van der Waals surface area contributed by atoms with E-state index in [4.69, 9.17) is 5.11 Å². The summed E-state index contributed by atoms with van der Waals surface area (Å²) in [6.45, 7) is -0.131. The third-order valence-corrected chi connectivity index (χ3v) is 4.81. The van der Waals surface area contributed by atoms with Gasteiger partial charge in [0, 0.05) is 17.2 Å². The number of sulfonamides is 1. The number of nitrogens with one attached hydrogen (secondary N) is 2. The number of benzene rings is 1. The number of carboxylic acids is 1. The second-order valence-corrected chi connectivity index (χ2v) is 6.74. The zero-order valence-corrected chi connectivity index (χ0v) is 12.8. The van der Waals surface area contributed by atoms with Crippen LogP contribution in [-0.4, -0.2) is 24.5 Å². The second kappa shape index (κ2) is 5.96. The number of hydrogen-bond donors (Lipinski definition) is 3. The highest BCUT2D eigenvalue weighted by Crippen LogP contribution is 2.19. The molecule has 0 saturated carbocycles. The lowest BCUT2D eigenvalue weighted by Crippen LogP contribution is -2.23. The van der Waals surface area contributed by atoms with E-state index in [-0.39, 0.29) is 17.1 Å². The summed E-state index contributed by atoms with van der Waals surface area (Å²) < 4.78 is 40.0. The maximum atomic E-state index is 13.1. The van der Waals surface area contributed by atoms with Crippen molar-refractivity contribution in [2.75, 3.05) is 0 Å². The molecular formula is C12H10BrFN2O4S. The molecular weight excluding hydrogens is 367 g/mol.